The highest BCUT2D eigenvalue weighted by Gasteiger charge is 2.30. The Kier molecular flexibility index (Phi) is 7.92. The van der Waals surface area contributed by atoms with Crippen LogP contribution in [0.1, 0.15) is 21.5 Å². The Hall–Kier alpha value is -4.81. The minimum Gasteiger partial charge on any atom is -0.465 e. The molecule has 0 atom stereocenters. The third-order valence-electron chi connectivity index (χ3n) is 6.77. The molecule has 5 rings (SSSR count). The molecule has 3 aromatic carbocycles. The minimum atomic E-state index is -3.50. The predicted molar refractivity (Wildman–Crippen MR) is 164 cm³/mol. The van der Waals surface area contributed by atoms with E-state index in [0.717, 1.165) is 0 Å². The van der Waals surface area contributed by atoms with Gasteiger partial charge >= 0.3 is 5.97 Å². The van der Waals surface area contributed by atoms with Crippen molar-refractivity contribution in [3.63, 3.8) is 0 Å². The summed E-state index contributed by atoms with van der Waals surface area (Å²) in [6.07, 6.45) is 4.39. The van der Waals surface area contributed by atoms with Crippen LogP contribution in [-0.4, -0.2) is 75.7 Å². The lowest BCUT2D eigenvalue weighted by atomic mass is 9.98. The second kappa shape index (κ2) is 11.6. The van der Waals surface area contributed by atoms with Crippen LogP contribution in [0.2, 0.25) is 0 Å². The van der Waals surface area contributed by atoms with Crippen molar-refractivity contribution in [2.24, 2.45) is 0 Å². The van der Waals surface area contributed by atoms with Crippen molar-refractivity contribution in [3.05, 3.63) is 89.7 Å². The summed E-state index contributed by atoms with van der Waals surface area (Å²) in [5, 5.41) is 6.23. The summed E-state index contributed by atoms with van der Waals surface area (Å²) < 4.78 is 31.2. The third kappa shape index (κ3) is 5.94. The number of hydrogen-bond acceptors (Lipinski definition) is 9. The molecule has 1 aromatic heterocycles. The Labute approximate surface area is 243 Å². The van der Waals surface area contributed by atoms with Crippen LogP contribution in [0.5, 0.6) is 0 Å². The molecule has 12 heteroatoms. The predicted octanol–water partition coefficient (Wildman–Crippen LogP) is 3.68. The average molecular weight is 587 g/mol. The van der Waals surface area contributed by atoms with E-state index in [9.17, 15) is 18.0 Å². The summed E-state index contributed by atoms with van der Waals surface area (Å²) in [5.74, 6) is -0.859. The Balaban J connectivity index is 1.59. The number of methoxy groups -OCH3 is 1. The van der Waals surface area contributed by atoms with Crippen LogP contribution in [0.4, 0.5) is 17.1 Å². The van der Waals surface area contributed by atoms with Gasteiger partial charge in [-0.1, -0.05) is 12.1 Å². The van der Waals surface area contributed by atoms with E-state index in [4.69, 9.17) is 4.74 Å². The molecule has 0 unspecified atom stereocenters. The van der Waals surface area contributed by atoms with E-state index < -0.39 is 16.0 Å². The van der Waals surface area contributed by atoms with Gasteiger partial charge in [-0.2, -0.15) is 0 Å². The summed E-state index contributed by atoms with van der Waals surface area (Å²) >= 11 is 0. The highest BCUT2D eigenvalue weighted by molar-refractivity contribution is 7.92. The van der Waals surface area contributed by atoms with E-state index in [2.05, 4.69) is 20.6 Å². The van der Waals surface area contributed by atoms with Crippen LogP contribution >= 0.6 is 0 Å². The van der Waals surface area contributed by atoms with Crippen molar-refractivity contribution in [3.8, 4) is 0 Å². The largest absolute Gasteiger partial charge is 0.465 e. The molecule has 4 aromatic rings. The van der Waals surface area contributed by atoms with Gasteiger partial charge in [0, 0.05) is 42.3 Å². The number of nitrogens with zero attached hydrogens (tertiary/aromatic N) is 4. The van der Waals surface area contributed by atoms with Gasteiger partial charge in [0.1, 0.15) is 0 Å². The molecule has 1 amide bonds. The topological polar surface area (TPSA) is 134 Å². The Morgan fingerprint density at radius 2 is 1.62 bits per heavy atom. The molecule has 42 heavy (non-hydrogen) atoms. The number of ether oxygens (including phenoxy) is 1. The SMILES string of the molecule is COC(=O)c1ccc2c(c1)NC(=O)C2=C(Nc1ccc(N(CCN(C)C)S(C)(=O)=O)cc1)c1ccc2nccnc2c1. The zero-order chi connectivity index (χ0) is 30.0. The summed E-state index contributed by atoms with van der Waals surface area (Å²) in [5.41, 5.74) is 5.48. The van der Waals surface area contributed by atoms with E-state index in [1.54, 1.807) is 54.9 Å². The third-order valence-corrected chi connectivity index (χ3v) is 7.96. The maximum atomic E-state index is 13.4. The molecule has 216 valence electrons. The second-order valence-electron chi connectivity index (χ2n) is 10.0. The van der Waals surface area contributed by atoms with Gasteiger partial charge in [0.25, 0.3) is 5.91 Å². The number of carbonyl (C=O) groups excluding carboxylic acids is 2. The van der Waals surface area contributed by atoms with Crippen molar-refractivity contribution in [1.82, 2.24) is 14.9 Å². The van der Waals surface area contributed by atoms with E-state index in [1.807, 2.05) is 37.2 Å². The van der Waals surface area contributed by atoms with E-state index >= 15 is 0 Å². The maximum absolute atomic E-state index is 13.4. The van der Waals surface area contributed by atoms with Crippen LogP contribution in [-0.2, 0) is 19.6 Å². The Bertz CT molecular complexity index is 1820. The smallest absolute Gasteiger partial charge is 0.337 e. The van der Waals surface area contributed by atoms with Crippen LogP contribution in [0.25, 0.3) is 22.3 Å². The first-order valence-electron chi connectivity index (χ1n) is 13.0. The molecule has 1 aliphatic heterocycles. The van der Waals surface area contributed by atoms with Crippen molar-refractivity contribution < 1.29 is 22.7 Å². The number of nitrogens with one attached hydrogen (secondary N) is 2. The molecule has 0 radical (unpaired) electrons. The van der Waals surface area contributed by atoms with E-state index in [0.29, 0.717) is 69.1 Å². The molecular formula is C30H30N6O5S. The molecule has 0 saturated heterocycles. The molecule has 11 nitrogen and oxygen atoms in total. The monoisotopic (exact) mass is 586 g/mol. The van der Waals surface area contributed by atoms with Gasteiger partial charge in [-0.05, 0) is 62.6 Å². The molecule has 2 heterocycles. The van der Waals surface area contributed by atoms with Gasteiger partial charge in [-0.25, -0.2) is 13.2 Å². The normalized spacial score (nSPS) is 14.0. The molecule has 0 fully saturated rings. The number of benzene rings is 3. The molecule has 0 bridgehead atoms. The lowest BCUT2D eigenvalue weighted by Gasteiger charge is -2.24. The van der Waals surface area contributed by atoms with Crippen molar-refractivity contribution in [1.29, 1.82) is 0 Å². The highest BCUT2D eigenvalue weighted by Crippen LogP contribution is 2.38. The maximum Gasteiger partial charge on any atom is 0.337 e. The zero-order valence-corrected chi connectivity index (χ0v) is 24.4. The molecule has 0 spiro atoms. The number of esters is 1. The number of fused-ring (bicyclic) bond motifs is 2. The number of carbonyl (C=O) groups is 2. The Morgan fingerprint density at radius 1 is 0.929 bits per heavy atom. The summed E-state index contributed by atoms with van der Waals surface area (Å²) in [4.78, 5) is 36.2. The van der Waals surface area contributed by atoms with Gasteiger partial charge < -0.3 is 20.3 Å². The standard InChI is InChI=1S/C30H30N6O5S/c1-35(2)15-16-36(42(4,39)40)22-9-7-21(8-10-22)33-28(19-6-12-24-26(17-19)32-14-13-31-24)27-23-11-5-20(30(38)41-3)18-25(23)34-29(27)37/h5-14,17-18,33H,15-16H2,1-4H3,(H,34,37). The molecule has 2 N–H and O–H groups in total. The van der Waals surface area contributed by atoms with Crippen LogP contribution < -0.4 is 14.9 Å². The summed E-state index contributed by atoms with van der Waals surface area (Å²) in [6, 6.07) is 17.4. The van der Waals surface area contributed by atoms with Gasteiger partial charge in [0.2, 0.25) is 10.0 Å². The molecule has 1 aliphatic rings. The molecular weight excluding hydrogens is 556 g/mol. The highest BCUT2D eigenvalue weighted by atomic mass is 32.2. The number of anilines is 3. The first-order valence-corrected chi connectivity index (χ1v) is 14.9. The fourth-order valence-corrected chi connectivity index (χ4v) is 5.61. The second-order valence-corrected chi connectivity index (χ2v) is 11.9. The van der Waals surface area contributed by atoms with Crippen LogP contribution in [0, 0.1) is 0 Å². The molecule has 0 aliphatic carbocycles. The fraction of sp³-hybridized carbons (Fsp3) is 0.200. The number of sulfonamides is 1. The van der Waals surface area contributed by atoms with Gasteiger partial charge in [-0.15, -0.1) is 0 Å². The van der Waals surface area contributed by atoms with E-state index in [-0.39, 0.29) is 5.91 Å². The van der Waals surface area contributed by atoms with Crippen molar-refractivity contribution in [2.75, 3.05) is 55.5 Å². The van der Waals surface area contributed by atoms with Crippen molar-refractivity contribution in [2.45, 2.75) is 0 Å². The number of rotatable bonds is 9. The lowest BCUT2D eigenvalue weighted by Crippen LogP contribution is -2.35. The van der Waals surface area contributed by atoms with Gasteiger partial charge in [0.05, 0.1) is 52.6 Å². The number of amides is 1. The fourth-order valence-electron chi connectivity index (χ4n) is 4.70. The average Bonchev–Trinajstić information content (AvgIpc) is 3.29. The quantitative estimate of drug-likeness (QED) is 0.223. The number of aromatic nitrogens is 2. The minimum absolute atomic E-state index is 0.302. The lowest BCUT2D eigenvalue weighted by molar-refractivity contribution is -0.110. The Morgan fingerprint density at radius 3 is 2.29 bits per heavy atom. The van der Waals surface area contributed by atoms with Gasteiger partial charge in [-0.3, -0.25) is 19.1 Å². The first kappa shape index (κ1) is 28.7. The van der Waals surface area contributed by atoms with E-state index in [1.165, 1.54) is 17.7 Å². The van der Waals surface area contributed by atoms with Crippen LogP contribution in [0.3, 0.4) is 0 Å². The zero-order valence-electron chi connectivity index (χ0n) is 23.6. The summed E-state index contributed by atoms with van der Waals surface area (Å²) in [7, 11) is 1.56. The number of likely N-dealkylation sites (N-methyl/N-ethyl adjacent to an activating group) is 1. The summed E-state index contributed by atoms with van der Waals surface area (Å²) in [6.45, 7) is 0.858. The van der Waals surface area contributed by atoms with Crippen LogP contribution in [0.15, 0.2) is 73.1 Å². The molecule has 0 saturated carbocycles. The first-order chi connectivity index (χ1) is 20.0. The number of hydrogen-bond donors (Lipinski definition) is 2. The van der Waals surface area contributed by atoms with Gasteiger partial charge in [0.15, 0.2) is 0 Å². The van der Waals surface area contributed by atoms with Crippen molar-refractivity contribution >= 4 is 61.3 Å².